The Hall–Kier alpha value is -3.93. The Morgan fingerprint density at radius 1 is 1.06 bits per heavy atom. The molecule has 1 aliphatic rings. The third-order valence-electron chi connectivity index (χ3n) is 5.61. The molecule has 0 bridgehead atoms. The van der Waals surface area contributed by atoms with E-state index >= 15 is 0 Å². The molecule has 4 aromatic rings. The van der Waals surface area contributed by atoms with Gasteiger partial charge in [0.1, 0.15) is 11.3 Å². The van der Waals surface area contributed by atoms with E-state index < -0.39 is 12.2 Å². The summed E-state index contributed by atoms with van der Waals surface area (Å²) in [4.78, 5) is 23.8. The number of hydrogen-bond acceptors (Lipinski definition) is 9. The van der Waals surface area contributed by atoms with E-state index in [0.717, 1.165) is 5.56 Å². The van der Waals surface area contributed by atoms with Crippen LogP contribution in [0.5, 0.6) is 5.75 Å². The largest absolute Gasteiger partial charge is 0.494 e. The molecule has 0 atom stereocenters. The van der Waals surface area contributed by atoms with Crippen molar-refractivity contribution in [1.29, 1.82) is 0 Å². The van der Waals surface area contributed by atoms with Crippen molar-refractivity contribution >= 4 is 22.9 Å². The van der Waals surface area contributed by atoms with Gasteiger partial charge in [0.25, 0.3) is 6.43 Å². The first kappa shape index (κ1) is 22.8. The Labute approximate surface area is 200 Å². The zero-order valence-corrected chi connectivity index (χ0v) is 19.1. The third-order valence-corrected chi connectivity index (χ3v) is 5.61. The van der Waals surface area contributed by atoms with Gasteiger partial charge in [-0.15, -0.1) is 0 Å². The Bertz CT molecular complexity index is 1300. The predicted molar refractivity (Wildman–Crippen MR) is 125 cm³/mol. The van der Waals surface area contributed by atoms with Gasteiger partial charge in [-0.25, -0.2) is 13.8 Å². The Kier molecular flexibility index (Phi) is 6.62. The Morgan fingerprint density at radius 3 is 2.63 bits per heavy atom. The van der Waals surface area contributed by atoms with Crippen LogP contribution in [0.15, 0.2) is 42.7 Å². The number of nitrogens with zero attached hydrogens (tertiary/aromatic N) is 7. The molecule has 1 N–H and O–H groups in total. The molecule has 0 unspecified atom stereocenters. The summed E-state index contributed by atoms with van der Waals surface area (Å²) in [5.74, 6) is 0.638. The normalized spacial score (nSPS) is 14.0. The van der Waals surface area contributed by atoms with Gasteiger partial charge in [-0.1, -0.05) is 12.1 Å². The second kappa shape index (κ2) is 10.1. The summed E-state index contributed by atoms with van der Waals surface area (Å²) in [5, 5.41) is 3.20. The summed E-state index contributed by atoms with van der Waals surface area (Å²) < 4.78 is 40.2. The highest BCUT2D eigenvalue weighted by Gasteiger charge is 2.25. The van der Waals surface area contributed by atoms with E-state index in [-0.39, 0.29) is 11.9 Å². The van der Waals surface area contributed by atoms with Gasteiger partial charge in [0.05, 0.1) is 25.8 Å². The van der Waals surface area contributed by atoms with E-state index in [4.69, 9.17) is 9.47 Å². The number of para-hydroxylation sites is 1. The zero-order valence-electron chi connectivity index (χ0n) is 19.1. The SMILES string of the molecule is COc1cccc2c1nc(C(F)F)n2-c1nc(NCCc2cccnc2)nc(N2CCOCC2)n1. The number of aromatic nitrogens is 6. The third kappa shape index (κ3) is 4.83. The minimum absolute atomic E-state index is 0.0522. The lowest BCUT2D eigenvalue weighted by molar-refractivity contribution is 0.122. The summed E-state index contributed by atoms with van der Waals surface area (Å²) in [6.07, 6.45) is 1.35. The van der Waals surface area contributed by atoms with Crippen LogP contribution in [0.25, 0.3) is 17.0 Å². The molecule has 0 aliphatic carbocycles. The molecule has 0 saturated carbocycles. The molecule has 0 amide bonds. The fourth-order valence-electron chi connectivity index (χ4n) is 3.92. The number of alkyl halides is 2. The first-order valence-electron chi connectivity index (χ1n) is 11.2. The number of fused-ring (bicyclic) bond motifs is 1. The number of anilines is 2. The van der Waals surface area contributed by atoms with E-state index in [1.54, 1.807) is 30.6 Å². The van der Waals surface area contributed by atoms with Crippen molar-refractivity contribution in [3.05, 3.63) is 54.1 Å². The number of benzene rings is 1. The molecule has 1 fully saturated rings. The molecule has 0 radical (unpaired) electrons. The average Bonchev–Trinajstić information content (AvgIpc) is 3.30. The molecule has 4 heterocycles. The molecule has 0 spiro atoms. The van der Waals surface area contributed by atoms with Crippen LogP contribution in [0.3, 0.4) is 0 Å². The van der Waals surface area contributed by atoms with Crippen LogP contribution in [-0.2, 0) is 11.2 Å². The molecule has 182 valence electrons. The number of pyridine rings is 1. The summed E-state index contributed by atoms with van der Waals surface area (Å²) in [6, 6.07) is 8.92. The molecule has 1 saturated heterocycles. The Balaban J connectivity index is 1.56. The molecule has 35 heavy (non-hydrogen) atoms. The van der Waals surface area contributed by atoms with Crippen LogP contribution >= 0.6 is 0 Å². The number of rotatable bonds is 8. The fourth-order valence-corrected chi connectivity index (χ4v) is 3.92. The number of ether oxygens (including phenoxy) is 2. The summed E-state index contributed by atoms with van der Waals surface area (Å²) in [5.41, 5.74) is 1.78. The number of hydrogen-bond donors (Lipinski definition) is 1. The highest BCUT2D eigenvalue weighted by Crippen LogP contribution is 2.32. The maximum absolute atomic E-state index is 14.1. The van der Waals surface area contributed by atoms with Gasteiger partial charge in [-0.2, -0.15) is 15.0 Å². The van der Waals surface area contributed by atoms with Crippen LogP contribution in [0, 0.1) is 0 Å². The van der Waals surface area contributed by atoms with Crippen molar-refractivity contribution in [1.82, 2.24) is 29.5 Å². The summed E-state index contributed by atoms with van der Waals surface area (Å²) in [6.45, 7) is 2.74. The quantitative estimate of drug-likeness (QED) is 0.406. The van der Waals surface area contributed by atoms with Crippen molar-refractivity contribution in [3.63, 3.8) is 0 Å². The van der Waals surface area contributed by atoms with Crippen molar-refractivity contribution in [2.24, 2.45) is 0 Å². The second-order valence-corrected chi connectivity index (χ2v) is 7.83. The highest BCUT2D eigenvalue weighted by molar-refractivity contribution is 5.84. The van der Waals surface area contributed by atoms with E-state index in [2.05, 4.69) is 30.2 Å². The van der Waals surface area contributed by atoms with E-state index in [1.165, 1.54) is 11.7 Å². The molecule has 3 aromatic heterocycles. The molecular formula is C23H24F2N8O2. The lowest BCUT2D eigenvalue weighted by Crippen LogP contribution is -2.37. The average molecular weight is 482 g/mol. The van der Waals surface area contributed by atoms with Gasteiger partial charge in [0.15, 0.2) is 5.82 Å². The summed E-state index contributed by atoms with van der Waals surface area (Å²) >= 11 is 0. The lowest BCUT2D eigenvalue weighted by atomic mass is 10.2. The standard InChI is InChI=1S/C23H24F2N8O2/c1-34-17-6-2-5-16-18(17)28-20(19(24)25)33(16)23-30-21(27-9-7-15-4-3-8-26-14-15)29-22(31-23)32-10-12-35-13-11-32/h2-6,8,14,19H,7,9-13H2,1H3,(H,27,29,30,31). The van der Waals surface area contributed by atoms with Crippen LogP contribution < -0.4 is 15.0 Å². The summed E-state index contributed by atoms with van der Waals surface area (Å²) in [7, 11) is 1.47. The van der Waals surface area contributed by atoms with E-state index in [9.17, 15) is 8.78 Å². The van der Waals surface area contributed by atoms with E-state index in [0.29, 0.717) is 62.0 Å². The molecule has 5 rings (SSSR count). The Morgan fingerprint density at radius 2 is 1.89 bits per heavy atom. The van der Waals surface area contributed by atoms with Gasteiger partial charge in [0, 0.05) is 32.0 Å². The number of imidazole rings is 1. The monoisotopic (exact) mass is 482 g/mol. The van der Waals surface area contributed by atoms with Crippen LogP contribution in [0.1, 0.15) is 17.8 Å². The lowest BCUT2D eigenvalue weighted by Gasteiger charge is -2.27. The fraction of sp³-hybridized carbons (Fsp3) is 0.348. The smallest absolute Gasteiger partial charge is 0.296 e. The molecule has 1 aromatic carbocycles. The predicted octanol–water partition coefficient (Wildman–Crippen LogP) is 3.04. The van der Waals surface area contributed by atoms with Gasteiger partial charge in [0.2, 0.25) is 17.8 Å². The zero-order chi connectivity index (χ0) is 24.2. The minimum atomic E-state index is -2.85. The number of methoxy groups -OCH3 is 1. The first-order chi connectivity index (χ1) is 17.1. The van der Waals surface area contributed by atoms with E-state index in [1.807, 2.05) is 17.0 Å². The highest BCUT2D eigenvalue weighted by atomic mass is 19.3. The van der Waals surface area contributed by atoms with Gasteiger partial charge in [-0.05, 0) is 30.2 Å². The minimum Gasteiger partial charge on any atom is -0.494 e. The van der Waals surface area contributed by atoms with Crippen LogP contribution in [0.4, 0.5) is 20.7 Å². The van der Waals surface area contributed by atoms with Crippen molar-refractivity contribution in [2.75, 3.05) is 50.2 Å². The number of halogens is 2. The van der Waals surface area contributed by atoms with Gasteiger partial charge >= 0.3 is 0 Å². The van der Waals surface area contributed by atoms with Crippen molar-refractivity contribution < 1.29 is 18.3 Å². The van der Waals surface area contributed by atoms with Crippen LogP contribution in [0.2, 0.25) is 0 Å². The number of nitrogens with one attached hydrogen (secondary N) is 1. The van der Waals surface area contributed by atoms with Gasteiger partial charge in [-0.3, -0.25) is 9.55 Å². The topological polar surface area (TPSA) is 103 Å². The molecule has 12 heteroatoms. The molecule has 1 aliphatic heterocycles. The van der Waals surface area contributed by atoms with Crippen molar-refractivity contribution in [3.8, 4) is 11.7 Å². The first-order valence-corrected chi connectivity index (χ1v) is 11.2. The van der Waals surface area contributed by atoms with Gasteiger partial charge < -0.3 is 19.7 Å². The van der Waals surface area contributed by atoms with Crippen molar-refractivity contribution in [2.45, 2.75) is 12.8 Å². The maximum Gasteiger partial charge on any atom is 0.296 e. The molecular weight excluding hydrogens is 458 g/mol. The maximum atomic E-state index is 14.1. The van der Waals surface area contributed by atoms with Crippen LogP contribution in [-0.4, -0.2) is 69.4 Å². The second-order valence-electron chi connectivity index (χ2n) is 7.83. The molecule has 10 nitrogen and oxygen atoms in total. The number of morpholine rings is 1.